The molecular weight excluding hydrogens is 374 g/mol. The van der Waals surface area contributed by atoms with Gasteiger partial charge in [0.1, 0.15) is 18.1 Å². The number of nitrogens with zero attached hydrogens (tertiary/aromatic N) is 1. The number of benzene rings is 3. The Morgan fingerprint density at radius 1 is 0.867 bits per heavy atom. The van der Waals surface area contributed by atoms with Crippen LogP contribution in [0.25, 0.3) is 10.8 Å². The van der Waals surface area contributed by atoms with E-state index in [2.05, 4.69) is 18.2 Å². The summed E-state index contributed by atoms with van der Waals surface area (Å²) in [5.74, 6) is 1.70. The Bertz CT molecular complexity index is 1000. The Labute approximate surface area is 178 Å². The third-order valence-electron chi connectivity index (χ3n) is 5.63. The summed E-state index contributed by atoms with van der Waals surface area (Å²) in [4.78, 5) is 15.1. The van der Waals surface area contributed by atoms with Crippen molar-refractivity contribution in [3.8, 4) is 11.5 Å². The van der Waals surface area contributed by atoms with Crippen LogP contribution in [0, 0.1) is 0 Å². The van der Waals surface area contributed by atoms with Crippen molar-refractivity contribution < 1.29 is 14.3 Å². The van der Waals surface area contributed by atoms with Crippen molar-refractivity contribution >= 4 is 16.7 Å². The lowest BCUT2D eigenvalue weighted by Gasteiger charge is -2.21. The average molecular weight is 404 g/mol. The fourth-order valence-corrected chi connectivity index (χ4v) is 4.05. The molecular formula is C26H29NO3. The minimum atomic E-state index is 0.103. The molecule has 4 nitrogen and oxygen atoms in total. The van der Waals surface area contributed by atoms with Crippen molar-refractivity contribution in [2.24, 2.45) is 0 Å². The van der Waals surface area contributed by atoms with E-state index in [9.17, 15) is 4.79 Å². The maximum atomic E-state index is 13.1. The maximum Gasteiger partial charge on any atom is 0.253 e. The number of ether oxygens (including phenoxy) is 2. The first-order valence-corrected chi connectivity index (χ1v) is 10.9. The molecule has 1 aliphatic rings. The molecule has 0 radical (unpaired) electrons. The highest BCUT2D eigenvalue weighted by atomic mass is 16.5. The summed E-state index contributed by atoms with van der Waals surface area (Å²) < 4.78 is 12.0. The fraction of sp³-hybridized carbons (Fsp3) is 0.346. The summed E-state index contributed by atoms with van der Waals surface area (Å²) in [7, 11) is 0. The minimum Gasteiger partial charge on any atom is -0.493 e. The molecule has 0 spiro atoms. The second-order valence-electron chi connectivity index (χ2n) is 7.73. The first-order valence-electron chi connectivity index (χ1n) is 10.9. The van der Waals surface area contributed by atoms with E-state index in [0.717, 1.165) is 53.8 Å². The molecule has 4 heteroatoms. The molecule has 0 unspecified atom stereocenters. The van der Waals surface area contributed by atoms with Gasteiger partial charge in [-0.05, 0) is 49.4 Å². The van der Waals surface area contributed by atoms with Crippen molar-refractivity contribution in [2.75, 3.05) is 19.7 Å². The van der Waals surface area contributed by atoms with Crippen LogP contribution in [-0.4, -0.2) is 30.5 Å². The van der Waals surface area contributed by atoms with E-state index in [1.54, 1.807) is 0 Å². The fourth-order valence-electron chi connectivity index (χ4n) is 4.05. The van der Waals surface area contributed by atoms with E-state index in [0.29, 0.717) is 18.8 Å². The van der Waals surface area contributed by atoms with E-state index >= 15 is 0 Å². The van der Waals surface area contributed by atoms with Gasteiger partial charge in [-0.2, -0.15) is 0 Å². The minimum absolute atomic E-state index is 0.103. The van der Waals surface area contributed by atoms with Crippen molar-refractivity contribution in [3.05, 3.63) is 71.8 Å². The zero-order valence-corrected chi connectivity index (χ0v) is 17.6. The lowest BCUT2D eigenvalue weighted by atomic mass is 10.1. The van der Waals surface area contributed by atoms with Gasteiger partial charge in [0.2, 0.25) is 0 Å². The Morgan fingerprint density at radius 2 is 1.63 bits per heavy atom. The monoisotopic (exact) mass is 403 g/mol. The van der Waals surface area contributed by atoms with Gasteiger partial charge in [-0.25, -0.2) is 0 Å². The molecule has 1 aliphatic heterocycles. The molecule has 0 bridgehead atoms. The highest BCUT2D eigenvalue weighted by Crippen LogP contribution is 2.28. The molecule has 1 amide bonds. The lowest BCUT2D eigenvalue weighted by molar-refractivity contribution is 0.0761. The molecule has 0 atom stereocenters. The van der Waals surface area contributed by atoms with Crippen molar-refractivity contribution in [2.45, 2.75) is 39.2 Å². The quantitative estimate of drug-likeness (QED) is 0.519. The molecule has 156 valence electrons. The van der Waals surface area contributed by atoms with Gasteiger partial charge in [0.25, 0.3) is 5.91 Å². The number of carbonyl (C=O) groups is 1. The first-order chi connectivity index (χ1) is 14.8. The van der Waals surface area contributed by atoms with Gasteiger partial charge in [0.05, 0.1) is 6.61 Å². The number of likely N-dealkylation sites (tertiary alicyclic amines) is 1. The molecule has 1 fully saturated rings. The number of carbonyl (C=O) groups excluding carboxylic acids is 1. The van der Waals surface area contributed by atoms with Crippen LogP contribution >= 0.6 is 0 Å². The van der Waals surface area contributed by atoms with Crippen LogP contribution < -0.4 is 9.47 Å². The normalized spacial score (nSPS) is 14.4. The van der Waals surface area contributed by atoms with Crippen LogP contribution in [0.2, 0.25) is 0 Å². The molecule has 0 saturated carbocycles. The van der Waals surface area contributed by atoms with Crippen LogP contribution in [0.3, 0.4) is 0 Å². The molecule has 3 aromatic rings. The van der Waals surface area contributed by atoms with Crippen LogP contribution in [-0.2, 0) is 6.61 Å². The van der Waals surface area contributed by atoms with Crippen LogP contribution in [0.4, 0.5) is 0 Å². The SMILES string of the molecule is CCOc1ccc(C(=O)N2CCCCCC2)cc1COc1cccc2ccccc12. The van der Waals surface area contributed by atoms with Crippen molar-refractivity contribution in [1.29, 1.82) is 0 Å². The molecule has 4 rings (SSSR count). The molecule has 0 aromatic heterocycles. The topological polar surface area (TPSA) is 38.8 Å². The molecule has 0 N–H and O–H groups in total. The third kappa shape index (κ3) is 4.59. The summed E-state index contributed by atoms with van der Waals surface area (Å²) in [5, 5.41) is 2.22. The Balaban J connectivity index is 1.57. The highest BCUT2D eigenvalue weighted by molar-refractivity contribution is 5.94. The maximum absolute atomic E-state index is 13.1. The summed E-state index contributed by atoms with van der Waals surface area (Å²) in [5.41, 5.74) is 1.60. The number of fused-ring (bicyclic) bond motifs is 1. The molecule has 0 aliphatic carbocycles. The van der Waals surface area contributed by atoms with Gasteiger partial charge in [0.15, 0.2) is 0 Å². The second kappa shape index (κ2) is 9.66. The van der Waals surface area contributed by atoms with E-state index in [-0.39, 0.29) is 5.91 Å². The zero-order valence-electron chi connectivity index (χ0n) is 17.6. The van der Waals surface area contributed by atoms with E-state index in [1.165, 1.54) is 12.8 Å². The predicted octanol–water partition coefficient (Wildman–Crippen LogP) is 5.83. The third-order valence-corrected chi connectivity index (χ3v) is 5.63. The van der Waals surface area contributed by atoms with Gasteiger partial charge < -0.3 is 14.4 Å². The molecule has 3 aromatic carbocycles. The Morgan fingerprint density at radius 3 is 2.43 bits per heavy atom. The predicted molar refractivity (Wildman–Crippen MR) is 120 cm³/mol. The van der Waals surface area contributed by atoms with Gasteiger partial charge in [0, 0.05) is 29.6 Å². The van der Waals surface area contributed by atoms with E-state index in [4.69, 9.17) is 9.47 Å². The van der Waals surface area contributed by atoms with E-state index < -0.39 is 0 Å². The van der Waals surface area contributed by atoms with Gasteiger partial charge in [-0.3, -0.25) is 4.79 Å². The van der Waals surface area contributed by atoms with Gasteiger partial charge in [-0.1, -0.05) is 49.2 Å². The first kappa shape index (κ1) is 20.3. The highest BCUT2D eigenvalue weighted by Gasteiger charge is 2.19. The van der Waals surface area contributed by atoms with Gasteiger partial charge >= 0.3 is 0 Å². The lowest BCUT2D eigenvalue weighted by Crippen LogP contribution is -2.31. The number of rotatable bonds is 6. The summed E-state index contributed by atoms with van der Waals surface area (Å²) in [6.45, 7) is 4.57. The standard InChI is InChI=1S/C26H29NO3/c1-2-29-24-15-14-21(26(28)27-16-7-3-4-8-17-27)18-22(24)19-30-25-13-9-11-20-10-5-6-12-23(20)25/h5-6,9-15,18H,2-4,7-8,16-17,19H2,1H3. The molecule has 30 heavy (non-hydrogen) atoms. The van der Waals surface area contributed by atoms with Gasteiger partial charge in [-0.15, -0.1) is 0 Å². The number of amides is 1. The second-order valence-corrected chi connectivity index (χ2v) is 7.73. The molecule has 1 saturated heterocycles. The average Bonchev–Trinajstić information content (AvgIpc) is 3.08. The summed E-state index contributed by atoms with van der Waals surface area (Å²) >= 11 is 0. The summed E-state index contributed by atoms with van der Waals surface area (Å²) in [6, 6.07) is 19.9. The van der Waals surface area contributed by atoms with Crippen LogP contribution in [0.5, 0.6) is 11.5 Å². The Kier molecular flexibility index (Phi) is 6.53. The van der Waals surface area contributed by atoms with E-state index in [1.807, 2.05) is 54.3 Å². The zero-order chi connectivity index (χ0) is 20.8. The van der Waals surface area contributed by atoms with Crippen molar-refractivity contribution in [3.63, 3.8) is 0 Å². The Hall–Kier alpha value is -3.01. The van der Waals surface area contributed by atoms with Crippen LogP contribution in [0.1, 0.15) is 48.5 Å². The number of hydrogen-bond acceptors (Lipinski definition) is 3. The smallest absolute Gasteiger partial charge is 0.253 e. The number of hydrogen-bond donors (Lipinski definition) is 0. The summed E-state index contributed by atoms with van der Waals surface area (Å²) in [6.07, 6.45) is 4.58. The van der Waals surface area contributed by atoms with Crippen LogP contribution in [0.15, 0.2) is 60.7 Å². The molecule has 1 heterocycles. The largest absolute Gasteiger partial charge is 0.493 e. The van der Waals surface area contributed by atoms with Crippen molar-refractivity contribution in [1.82, 2.24) is 4.90 Å².